The number of para-hydroxylation sites is 1. The van der Waals surface area contributed by atoms with Gasteiger partial charge in [0.05, 0.1) is 12.6 Å². The van der Waals surface area contributed by atoms with E-state index in [4.69, 9.17) is 11.6 Å². The van der Waals surface area contributed by atoms with Crippen LogP contribution in [0.1, 0.15) is 49.7 Å². The molecule has 40 heavy (non-hydrogen) atoms. The second-order valence-electron chi connectivity index (χ2n) is 11.4. The fourth-order valence-corrected chi connectivity index (χ4v) is 6.65. The van der Waals surface area contributed by atoms with Crippen molar-refractivity contribution in [2.45, 2.75) is 63.5 Å². The molecule has 1 unspecified atom stereocenters. The van der Waals surface area contributed by atoms with Gasteiger partial charge in [-0.25, -0.2) is 0 Å². The lowest BCUT2D eigenvalue weighted by Gasteiger charge is -2.42. The minimum absolute atomic E-state index is 0.0258. The smallest absolute Gasteiger partial charge is 0.234 e. The number of aromatic amines is 1. The van der Waals surface area contributed by atoms with Gasteiger partial charge < -0.3 is 20.9 Å². The number of carbonyl (C=O) groups excluding carboxylic acids is 2. The van der Waals surface area contributed by atoms with Gasteiger partial charge in [0.25, 0.3) is 0 Å². The number of carbonyl (C=O) groups is 2. The first-order valence-electron chi connectivity index (χ1n) is 14.9. The zero-order chi connectivity index (χ0) is 27.7. The Morgan fingerprint density at radius 1 is 1.00 bits per heavy atom. The van der Waals surface area contributed by atoms with Crippen molar-refractivity contribution < 1.29 is 9.59 Å². The highest BCUT2D eigenvalue weighted by atomic mass is 35.5. The third-order valence-corrected chi connectivity index (χ3v) is 8.94. The Morgan fingerprint density at radius 2 is 1.80 bits per heavy atom. The number of aryl methyl sites for hydroxylation is 1. The first-order valence-corrected chi connectivity index (χ1v) is 15.2. The van der Waals surface area contributed by atoms with Gasteiger partial charge in [0.2, 0.25) is 11.8 Å². The Bertz CT molecular complexity index is 1270. The van der Waals surface area contributed by atoms with E-state index in [0.717, 1.165) is 41.7 Å². The summed E-state index contributed by atoms with van der Waals surface area (Å²) < 4.78 is 0. The highest BCUT2D eigenvalue weighted by molar-refractivity contribution is 6.31. The third-order valence-electron chi connectivity index (χ3n) is 8.57. The minimum Gasteiger partial charge on any atom is -0.361 e. The van der Waals surface area contributed by atoms with Gasteiger partial charge in [-0.2, -0.15) is 0 Å². The SMILES string of the molecule is O=C(CCc1ccccc1Cl)NC[C@@H](Cc1c[nH]c2ccccc12)NC(=O)CN1CCNCC1C1CCCCC1. The molecule has 2 amide bonds. The fraction of sp³-hybridized carbons (Fsp3) is 0.500. The van der Waals surface area contributed by atoms with E-state index in [9.17, 15) is 9.59 Å². The molecule has 214 valence electrons. The summed E-state index contributed by atoms with van der Waals surface area (Å²) in [5, 5.41) is 11.7. The van der Waals surface area contributed by atoms with Gasteiger partial charge in [-0.15, -0.1) is 0 Å². The van der Waals surface area contributed by atoms with Crippen molar-refractivity contribution in [3.05, 3.63) is 70.9 Å². The van der Waals surface area contributed by atoms with Crippen molar-refractivity contribution in [1.29, 1.82) is 0 Å². The summed E-state index contributed by atoms with van der Waals surface area (Å²) in [6, 6.07) is 16.0. The molecule has 0 bridgehead atoms. The van der Waals surface area contributed by atoms with Crippen molar-refractivity contribution in [2.24, 2.45) is 5.92 Å². The Labute approximate surface area is 242 Å². The van der Waals surface area contributed by atoms with Crippen molar-refractivity contribution in [2.75, 3.05) is 32.7 Å². The number of piperazine rings is 1. The van der Waals surface area contributed by atoms with Crippen molar-refractivity contribution >= 4 is 34.3 Å². The number of H-pyrrole nitrogens is 1. The molecule has 8 heteroatoms. The normalized spacial score (nSPS) is 19.4. The molecule has 1 saturated heterocycles. The number of nitrogens with zero attached hydrogens (tertiary/aromatic N) is 1. The van der Waals surface area contributed by atoms with Crippen LogP contribution in [0, 0.1) is 5.92 Å². The number of nitrogens with one attached hydrogen (secondary N) is 4. The predicted octanol–water partition coefficient (Wildman–Crippen LogP) is 4.45. The molecule has 0 radical (unpaired) electrons. The summed E-state index contributed by atoms with van der Waals surface area (Å²) in [7, 11) is 0. The van der Waals surface area contributed by atoms with Gasteiger partial charge in [0, 0.05) is 60.8 Å². The van der Waals surface area contributed by atoms with Crippen LogP contribution >= 0.6 is 11.6 Å². The quantitative estimate of drug-likeness (QED) is 0.277. The molecule has 0 spiro atoms. The lowest BCUT2D eigenvalue weighted by atomic mass is 9.82. The summed E-state index contributed by atoms with van der Waals surface area (Å²) in [5.74, 6) is 0.643. The molecule has 1 aromatic heterocycles. The van der Waals surface area contributed by atoms with Gasteiger partial charge in [0.15, 0.2) is 0 Å². The number of rotatable bonds is 11. The van der Waals surface area contributed by atoms with Gasteiger partial charge in [0.1, 0.15) is 0 Å². The zero-order valence-electron chi connectivity index (χ0n) is 23.3. The average molecular weight is 564 g/mol. The molecule has 4 N–H and O–H groups in total. The number of hydrogen-bond donors (Lipinski definition) is 4. The molecule has 2 heterocycles. The molecule has 2 aromatic carbocycles. The van der Waals surface area contributed by atoms with E-state index in [1.54, 1.807) is 0 Å². The molecule has 1 aliphatic carbocycles. The summed E-state index contributed by atoms with van der Waals surface area (Å²) in [6.45, 7) is 3.53. The Balaban J connectivity index is 1.21. The molecule has 2 aliphatic rings. The van der Waals surface area contributed by atoms with E-state index in [1.165, 1.54) is 32.1 Å². The van der Waals surface area contributed by atoms with Crippen LogP contribution in [-0.2, 0) is 22.4 Å². The maximum atomic E-state index is 13.4. The van der Waals surface area contributed by atoms with Crippen LogP contribution in [0.4, 0.5) is 0 Å². The maximum Gasteiger partial charge on any atom is 0.234 e. The van der Waals surface area contributed by atoms with Crippen LogP contribution in [0.2, 0.25) is 5.02 Å². The lowest BCUT2D eigenvalue weighted by molar-refractivity contribution is -0.125. The van der Waals surface area contributed by atoms with Crippen LogP contribution in [-0.4, -0.2) is 66.5 Å². The Kier molecular flexibility index (Phi) is 10.1. The number of aromatic nitrogens is 1. The zero-order valence-corrected chi connectivity index (χ0v) is 24.0. The minimum atomic E-state index is -0.216. The van der Waals surface area contributed by atoms with E-state index in [-0.39, 0.29) is 17.9 Å². The number of amides is 2. The van der Waals surface area contributed by atoms with E-state index in [2.05, 4.69) is 38.0 Å². The predicted molar refractivity (Wildman–Crippen MR) is 162 cm³/mol. The van der Waals surface area contributed by atoms with Crippen LogP contribution in [0.3, 0.4) is 0 Å². The van der Waals surface area contributed by atoms with E-state index >= 15 is 0 Å². The molecule has 7 nitrogen and oxygen atoms in total. The number of hydrogen-bond acceptors (Lipinski definition) is 4. The summed E-state index contributed by atoms with van der Waals surface area (Å²) >= 11 is 6.27. The van der Waals surface area contributed by atoms with Gasteiger partial charge >= 0.3 is 0 Å². The first-order chi connectivity index (χ1) is 19.6. The highest BCUT2D eigenvalue weighted by Crippen LogP contribution is 2.29. The van der Waals surface area contributed by atoms with Crippen molar-refractivity contribution in [1.82, 2.24) is 25.8 Å². The molecular weight excluding hydrogens is 522 g/mol. The molecular formula is C32H42ClN5O2. The monoisotopic (exact) mass is 563 g/mol. The molecule has 1 aliphatic heterocycles. The van der Waals surface area contributed by atoms with E-state index < -0.39 is 0 Å². The van der Waals surface area contributed by atoms with Gasteiger partial charge in [-0.1, -0.05) is 67.3 Å². The lowest BCUT2D eigenvalue weighted by Crippen LogP contribution is -2.58. The van der Waals surface area contributed by atoms with Gasteiger partial charge in [-0.3, -0.25) is 14.5 Å². The average Bonchev–Trinajstić information content (AvgIpc) is 3.39. The van der Waals surface area contributed by atoms with Crippen LogP contribution in [0.25, 0.3) is 10.9 Å². The Morgan fingerprint density at radius 3 is 2.65 bits per heavy atom. The topological polar surface area (TPSA) is 89.3 Å². The molecule has 3 aromatic rings. The molecule has 2 fully saturated rings. The van der Waals surface area contributed by atoms with E-state index in [1.807, 2.05) is 42.6 Å². The largest absolute Gasteiger partial charge is 0.361 e. The highest BCUT2D eigenvalue weighted by Gasteiger charge is 2.32. The third kappa shape index (κ3) is 7.65. The van der Waals surface area contributed by atoms with Crippen LogP contribution in [0.5, 0.6) is 0 Å². The first kappa shape index (κ1) is 28.7. The standard InChI is InChI=1S/C32H42ClN5O2/c33-28-12-6-4-8-23(28)14-15-31(39)36-20-26(18-25-19-35-29-13-7-5-11-27(25)29)37-32(40)22-38-17-16-34-21-30(38)24-9-2-1-3-10-24/h4-8,11-13,19,24,26,30,34-35H,1-3,9-10,14-18,20-22H2,(H,36,39)(H,37,40)/t26-,30?/m1/s1. The van der Waals surface area contributed by atoms with Crippen molar-refractivity contribution in [3.8, 4) is 0 Å². The van der Waals surface area contributed by atoms with Gasteiger partial charge in [-0.05, 0) is 54.9 Å². The Hall–Kier alpha value is -2.87. The summed E-state index contributed by atoms with van der Waals surface area (Å²) in [4.78, 5) is 31.9. The molecule has 5 rings (SSSR count). The van der Waals surface area contributed by atoms with Crippen LogP contribution < -0.4 is 16.0 Å². The van der Waals surface area contributed by atoms with Crippen LogP contribution in [0.15, 0.2) is 54.7 Å². The molecule has 1 saturated carbocycles. The van der Waals surface area contributed by atoms with E-state index in [0.29, 0.717) is 49.3 Å². The number of fused-ring (bicyclic) bond motifs is 1. The molecule has 2 atom stereocenters. The summed E-state index contributed by atoms with van der Waals surface area (Å²) in [6.07, 6.45) is 10.0. The second-order valence-corrected chi connectivity index (χ2v) is 11.8. The summed E-state index contributed by atoms with van der Waals surface area (Å²) in [5.41, 5.74) is 3.17. The second kappa shape index (κ2) is 14.2. The fourth-order valence-electron chi connectivity index (χ4n) is 6.42. The van der Waals surface area contributed by atoms with Crippen molar-refractivity contribution in [3.63, 3.8) is 0 Å². The number of halogens is 1. The number of benzene rings is 2. The maximum absolute atomic E-state index is 13.4.